The summed E-state index contributed by atoms with van der Waals surface area (Å²) in [6.07, 6.45) is 0. The van der Waals surface area contributed by atoms with Crippen molar-refractivity contribution in [1.82, 2.24) is 0 Å². The fourth-order valence-corrected chi connectivity index (χ4v) is 2.13. The molecule has 2 N–H and O–H groups in total. The van der Waals surface area contributed by atoms with Crippen LogP contribution >= 0.6 is 0 Å². The number of phenols is 1. The molecule has 0 aliphatic heterocycles. The summed E-state index contributed by atoms with van der Waals surface area (Å²) in [6.45, 7) is 5.69. The number of amides is 1. The number of hydrogen-bond acceptors (Lipinski definition) is 4. The first-order valence-electron chi connectivity index (χ1n) is 7.73. The second kappa shape index (κ2) is 7.64. The van der Waals surface area contributed by atoms with Crippen molar-refractivity contribution in [2.24, 2.45) is 0 Å². The largest absolute Gasteiger partial charge is 0.508 e. The van der Waals surface area contributed by atoms with E-state index in [1.807, 2.05) is 25.1 Å². The summed E-state index contributed by atoms with van der Waals surface area (Å²) < 4.78 is 4.99. The minimum absolute atomic E-state index is 0.0600. The second-order valence-electron chi connectivity index (χ2n) is 5.90. The summed E-state index contributed by atoms with van der Waals surface area (Å²) in [5, 5.41) is 12.0. The summed E-state index contributed by atoms with van der Waals surface area (Å²) in [4.78, 5) is 23.8. The average Bonchev–Trinajstić information content (AvgIpc) is 2.55. The number of anilines is 1. The van der Waals surface area contributed by atoms with Crippen LogP contribution in [0.4, 0.5) is 5.69 Å². The van der Waals surface area contributed by atoms with Gasteiger partial charge in [0.15, 0.2) is 6.61 Å². The summed E-state index contributed by atoms with van der Waals surface area (Å²) in [5.74, 6) is -0.595. The molecular formula is C19H21NO4. The molecule has 24 heavy (non-hydrogen) atoms. The molecule has 0 spiro atoms. The Kier molecular flexibility index (Phi) is 5.58. The van der Waals surface area contributed by atoms with Gasteiger partial charge in [0.1, 0.15) is 5.75 Å². The predicted molar refractivity (Wildman–Crippen MR) is 92.3 cm³/mol. The molecule has 0 aliphatic rings. The number of rotatable bonds is 5. The number of phenolic OH excluding ortho intramolecular Hbond substituents is 1. The third kappa shape index (κ3) is 4.59. The Morgan fingerprint density at radius 2 is 1.79 bits per heavy atom. The van der Waals surface area contributed by atoms with Crippen LogP contribution in [0.2, 0.25) is 0 Å². The first-order valence-corrected chi connectivity index (χ1v) is 7.73. The monoisotopic (exact) mass is 327 g/mol. The fraction of sp³-hybridized carbons (Fsp3) is 0.263. The minimum atomic E-state index is -0.613. The van der Waals surface area contributed by atoms with Crippen molar-refractivity contribution in [2.75, 3.05) is 11.9 Å². The zero-order chi connectivity index (χ0) is 17.7. The van der Waals surface area contributed by atoms with Gasteiger partial charge in [0, 0.05) is 5.69 Å². The lowest BCUT2D eigenvalue weighted by Crippen LogP contribution is -2.21. The van der Waals surface area contributed by atoms with Crippen LogP contribution in [0.15, 0.2) is 42.5 Å². The maximum Gasteiger partial charge on any atom is 0.338 e. The van der Waals surface area contributed by atoms with E-state index in [-0.39, 0.29) is 17.9 Å². The standard InChI is InChI=1S/C19H21NO4/c1-12(2)15-5-4-13(3)17(10-15)20-18(22)11-24-19(23)14-6-8-16(21)9-7-14/h4-10,12,21H,11H2,1-3H3,(H,20,22). The van der Waals surface area contributed by atoms with Gasteiger partial charge in [-0.25, -0.2) is 4.79 Å². The van der Waals surface area contributed by atoms with E-state index in [1.54, 1.807) is 0 Å². The second-order valence-corrected chi connectivity index (χ2v) is 5.90. The minimum Gasteiger partial charge on any atom is -0.508 e. The maximum absolute atomic E-state index is 12.0. The van der Waals surface area contributed by atoms with Crippen molar-refractivity contribution < 1.29 is 19.4 Å². The van der Waals surface area contributed by atoms with Gasteiger partial charge in [-0.3, -0.25) is 4.79 Å². The number of ether oxygens (including phenoxy) is 1. The Morgan fingerprint density at radius 1 is 1.12 bits per heavy atom. The van der Waals surface area contributed by atoms with Crippen LogP contribution in [0, 0.1) is 6.92 Å². The lowest BCUT2D eigenvalue weighted by Gasteiger charge is -2.12. The van der Waals surface area contributed by atoms with Gasteiger partial charge >= 0.3 is 5.97 Å². The van der Waals surface area contributed by atoms with Gasteiger partial charge in [-0.15, -0.1) is 0 Å². The number of esters is 1. The average molecular weight is 327 g/mol. The van der Waals surface area contributed by atoms with E-state index >= 15 is 0 Å². The third-order valence-electron chi connectivity index (χ3n) is 3.64. The molecule has 0 saturated carbocycles. The zero-order valence-electron chi connectivity index (χ0n) is 14.0. The first kappa shape index (κ1) is 17.5. The van der Waals surface area contributed by atoms with Crippen LogP contribution in [0.5, 0.6) is 5.75 Å². The Morgan fingerprint density at radius 3 is 2.42 bits per heavy atom. The van der Waals surface area contributed by atoms with Gasteiger partial charge in [-0.2, -0.15) is 0 Å². The summed E-state index contributed by atoms with van der Waals surface area (Å²) in [5.41, 5.74) is 3.06. The Labute approximate surface area is 141 Å². The van der Waals surface area contributed by atoms with Crippen LogP contribution in [0.3, 0.4) is 0 Å². The molecule has 0 radical (unpaired) electrons. The van der Waals surface area contributed by atoms with Crippen LogP contribution in [-0.2, 0) is 9.53 Å². The van der Waals surface area contributed by atoms with Gasteiger partial charge < -0.3 is 15.2 Å². The summed E-state index contributed by atoms with van der Waals surface area (Å²) >= 11 is 0. The van der Waals surface area contributed by atoms with E-state index in [0.717, 1.165) is 11.1 Å². The maximum atomic E-state index is 12.0. The van der Waals surface area contributed by atoms with E-state index in [1.165, 1.54) is 24.3 Å². The number of nitrogens with one attached hydrogen (secondary N) is 1. The Hall–Kier alpha value is -2.82. The van der Waals surface area contributed by atoms with Crippen LogP contribution in [0.1, 0.15) is 41.3 Å². The number of hydrogen-bond donors (Lipinski definition) is 2. The molecule has 1 amide bonds. The highest BCUT2D eigenvalue weighted by molar-refractivity contribution is 5.96. The highest BCUT2D eigenvalue weighted by Crippen LogP contribution is 2.22. The van der Waals surface area contributed by atoms with Crippen molar-refractivity contribution in [3.8, 4) is 5.75 Å². The van der Waals surface area contributed by atoms with Gasteiger partial charge in [-0.1, -0.05) is 26.0 Å². The topological polar surface area (TPSA) is 75.6 Å². The zero-order valence-corrected chi connectivity index (χ0v) is 14.0. The molecule has 5 nitrogen and oxygen atoms in total. The van der Waals surface area contributed by atoms with Gasteiger partial charge in [0.2, 0.25) is 0 Å². The highest BCUT2D eigenvalue weighted by Gasteiger charge is 2.12. The number of aryl methyl sites for hydroxylation is 1. The van der Waals surface area contributed by atoms with E-state index in [9.17, 15) is 14.7 Å². The molecule has 0 unspecified atom stereocenters. The van der Waals surface area contributed by atoms with E-state index < -0.39 is 11.9 Å². The summed E-state index contributed by atoms with van der Waals surface area (Å²) in [7, 11) is 0. The van der Waals surface area contributed by atoms with Crippen LogP contribution in [-0.4, -0.2) is 23.6 Å². The third-order valence-corrected chi connectivity index (χ3v) is 3.64. The molecule has 0 saturated heterocycles. The lowest BCUT2D eigenvalue weighted by atomic mass is 10.0. The molecule has 0 aliphatic carbocycles. The van der Waals surface area contributed by atoms with E-state index in [2.05, 4.69) is 19.2 Å². The highest BCUT2D eigenvalue weighted by atomic mass is 16.5. The quantitative estimate of drug-likeness (QED) is 0.823. The van der Waals surface area contributed by atoms with Crippen molar-refractivity contribution in [1.29, 1.82) is 0 Å². The van der Waals surface area contributed by atoms with E-state index in [4.69, 9.17) is 4.74 Å². The molecule has 0 atom stereocenters. The Balaban J connectivity index is 1.95. The number of carbonyl (C=O) groups is 2. The van der Waals surface area contributed by atoms with E-state index in [0.29, 0.717) is 11.6 Å². The fourth-order valence-electron chi connectivity index (χ4n) is 2.13. The molecule has 2 aromatic rings. The van der Waals surface area contributed by atoms with Crippen LogP contribution in [0.25, 0.3) is 0 Å². The number of aromatic hydroxyl groups is 1. The molecule has 126 valence electrons. The van der Waals surface area contributed by atoms with Gasteiger partial charge in [0.05, 0.1) is 5.56 Å². The molecule has 5 heteroatoms. The lowest BCUT2D eigenvalue weighted by molar-refractivity contribution is -0.119. The predicted octanol–water partition coefficient (Wildman–Crippen LogP) is 3.62. The van der Waals surface area contributed by atoms with Crippen LogP contribution < -0.4 is 5.32 Å². The molecule has 2 aromatic carbocycles. The normalized spacial score (nSPS) is 10.5. The molecule has 0 fully saturated rings. The molecule has 0 aromatic heterocycles. The smallest absolute Gasteiger partial charge is 0.338 e. The first-order chi connectivity index (χ1) is 11.4. The SMILES string of the molecule is Cc1ccc(C(C)C)cc1NC(=O)COC(=O)c1ccc(O)cc1. The Bertz CT molecular complexity index is 736. The van der Waals surface area contributed by atoms with Gasteiger partial charge in [-0.05, 0) is 54.3 Å². The molecule has 2 rings (SSSR count). The molecule has 0 bridgehead atoms. The van der Waals surface area contributed by atoms with Crippen molar-refractivity contribution in [3.63, 3.8) is 0 Å². The van der Waals surface area contributed by atoms with Crippen molar-refractivity contribution in [3.05, 3.63) is 59.2 Å². The van der Waals surface area contributed by atoms with Crippen molar-refractivity contribution >= 4 is 17.6 Å². The van der Waals surface area contributed by atoms with Gasteiger partial charge in [0.25, 0.3) is 5.91 Å². The molecular weight excluding hydrogens is 306 g/mol. The number of benzene rings is 2. The summed E-state index contributed by atoms with van der Waals surface area (Å²) in [6, 6.07) is 11.6. The van der Waals surface area contributed by atoms with Crippen molar-refractivity contribution in [2.45, 2.75) is 26.7 Å². The molecule has 0 heterocycles. The number of carbonyl (C=O) groups excluding carboxylic acids is 2.